The minimum atomic E-state index is -0.398. The van der Waals surface area contributed by atoms with E-state index in [0.29, 0.717) is 6.61 Å². The Bertz CT molecular complexity index is 761. The lowest BCUT2D eigenvalue weighted by atomic mass is 9.89. The summed E-state index contributed by atoms with van der Waals surface area (Å²) in [5.74, 6) is 0.640. The number of rotatable bonds is 3. The SMILES string of the molecule is c1cc2c(cc1N1CCC(N3CCOCC3)CC1)COC1(CCN(C3CCC3)CC1)O2. The number of fused-ring (bicyclic) bond motifs is 1. The van der Waals surface area contributed by atoms with Gasteiger partial charge < -0.3 is 19.1 Å². The molecule has 6 heteroatoms. The molecule has 3 saturated heterocycles. The second-order valence-corrected chi connectivity index (χ2v) is 10.1. The first kappa shape index (κ1) is 20.3. The second-order valence-electron chi connectivity index (χ2n) is 10.1. The van der Waals surface area contributed by atoms with E-state index < -0.39 is 5.79 Å². The zero-order valence-corrected chi connectivity index (χ0v) is 18.8. The van der Waals surface area contributed by atoms with Crippen LogP contribution in [0.3, 0.4) is 0 Å². The third-order valence-corrected chi connectivity index (χ3v) is 8.37. The van der Waals surface area contributed by atoms with Crippen molar-refractivity contribution in [3.8, 4) is 5.75 Å². The molecule has 1 saturated carbocycles. The summed E-state index contributed by atoms with van der Waals surface area (Å²) < 4.78 is 18.4. The summed E-state index contributed by atoms with van der Waals surface area (Å²) >= 11 is 0. The van der Waals surface area contributed by atoms with E-state index in [1.807, 2.05) is 0 Å². The minimum absolute atomic E-state index is 0.398. The molecule has 0 unspecified atom stereocenters. The number of nitrogens with zero attached hydrogens (tertiary/aromatic N) is 3. The van der Waals surface area contributed by atoms with Gasteiger partial charge in [0.25, 0.3) is 0 Å². The van der Waals surface area contributed by atoms with Gasteiger partial charge in [-0.3, -0.25) is 9.80 Å². The van der Waals surface area contributed by atoms with E-state index in [1.165, 1.54) is 43.4 Å². The molecular formula is C25H37N3O3. The van der Waals surface area contributed by atoms with Crippen molar-refractivity contribution in [1.29, 1.82) is 0 Å². The summed E-state index contributed by atoms with van der Waals surface area (Å²) in [5, 5.41) is 0. The first-order valence-electron chi connectivity index (χ1n) is 12.5. The van der Waals surface area contributed by atoms with Crippen LogP contribution in [0.25, 0.3) is 0 Å². The average molecular weight is 428 g/mol. The predicted octanol–water partition coefficient (Wildman–Crippen LogP) is 3.24. The van der Waals surface area contributed by atoms with E-state index in [0.717, 1.165) is 83.2 Å². The summed E-state index contributed by atoms with van der Waals surface area (Å²) in [5.41, 5.74) is 2.53. The molecule has 6 nitrogen and oxygen atoms in total. The number of hydrogen-bond donors (Lipinski definition) is 0. The molecule has 5 aliphatic rings. The van der Waals surface area contributed by atoms with Crippen LogP contribution in [0.5, 0.6) is 5.75 Å². The average Bonchev–Trinajstić information content (AvgIpc) is 2.80. The predicted molar refractivity (Wildman–Crippen MR) is 121 cm³/mol. The van der Waals surface area contributed by atoms with Gasteiger partial charge in [-0.05, 0) is 43.9 Å². The summed E-state index contributed by atoms with van der Waals surface area (Å²) in [6.45, 7) is 9.13. The highest BCUT2D eigenvalue weighted by Gasteiger charge is 2.42. The van der Waals surface area contributed by atoms with E-state index in [1.54, 1.807) is 0 Å². The first-order chi connectivity index (χ1) is 15.3. The van der Waals surface area contributed by atoms with Crippen LogP contribution < -0.4 is 9.64 Å². The molecule has 1 aliphatic carbocycles. The highest BCUT2D eigenvalue weighted by Crippen LogP contribution is 2.40. The maximum Gasteiger partial charge on any atom is 0.213 e. The fraction of sp³-hybridized carbons (Fsp3) is 0.760. The van der Waals surface area contributed by atoms with Crippen molar-refractivity contribution in [2.24, 2.45) is 0 Å². The molecule has 1 spiro atoms. The molecule has 0 radical (unpaired) electrons. The normalized spacial score (nSPS) is 28.2. The van der Waals surface area contributed by atoms with Crippen LogP contribution in [0.4, 0.5) is 5.69 Å². The van der Waals surface area contributed by atoms with E-state index in [-0.39, 0.29) is 0 Å². The highest BCUT2D eigenvalue weighted by atomic mass is 16.7. The molecule has 0 bridgehead atoms. The molecule has 0 atom stereocenters. The van der Waals surface area contributed by atoms with Crippen LogP contribution in [0.1, 0.15) is 50.5 Å². The van der Waals surface area contributed by atoms with Gasteiger partial charge in [0.05, 0.1) is 19.8 Å². The molecule has 1 aromatic rings. The summed E-state index contributed by atoms with van der Waals surface area (Å²) in [4.78, 5) is 7.82. The van der Waals surface area contributed by atoms with Crippen molar-refractivity contribution in [2.75, 3.05) is 57.4 Å². The number of morpholine rings is 1. The van der Waals surface area contributed by atoms with E-state index in [2.05, 4.69) is 32.9 Å². The zero-order valence-electron chi connectivity index (χ0n) is 18.8. The van der Waals surface area contributed by atoms with Crippen LogP contribution in [-0.4, -0.2) is 80.2 Å². The third kappa shape index (κ3) is 4.08. The van der Waals surface area contributed by atoms with Crippen LogP contribution in [0.2, 0.25) is 0 Å². The Kier molecular flexibility index (Phi) is 5.59. The maximum atomic E-state index is 6.49. The Hall–Kier alpha value is -1.34. The highest BCUT2D eigenvalue weighted by molar-refractivity contribution is 5.54. The number of ether oxygens (including phenoxy) is 3. The molecule has 4 fully saturated rings. The first-order valence-corrected chi connectivity index (χ1v) is 12.5. The zero-order chi connectivity index (χ0) is 20.7. The Morgan fingerprint density at radius 1 is 0.806 bits per heavy atom. The smallest absolute Gasteiger partial charge is 0.213 e. The van der Waals surface area contributed by atoms with E-state index in [9.17, 15) is 0 Å². The number of benzene rings is 1. The Balaban J connectivity index is 1.06. The number of likely N-dealkylation sites (tertiary alicyclic amines) is 1. The summed E-state index contributed by atoms with van der Waals surface area (Å²) in [6, 6.07) is 8.30. The van der Waals surface area contributed by atoms with Gasteiger partial charge in [-0.15, -0.1) is 0 Å². The largest absolute Gasteiger partial charge is 0.462 e. The quantitative estimate of drug-likeness (QED) is 0.737. The van der Waals surface area contributed by atoms with Gasteiger partial charge in [-0.2, -0.15) is 0 Å². The van der Waals surface area contributed by atoms with Crippen LogP contribution in [-0.2, 0) is 16.1 Å². The maximum absolute atomic E-state index is 6.49. The molecule has 0 aromatic heterocycles. The van der Waals surface area contributed by atoms with Crippen molar-refractivity contribution < 1.29 is 14.2 Å². The van der Waals surface area contributed by atoms with E-state index in [4.69, 9.17) is 14.2 Å². The van der Waals surface area contributed by atoms with Gasteiger partial charge in [-0.25, -0.2) is 0 Å². The molecule has 4 aliphatic heterocycles. The minimum Gasteiger partial charge on any atom is -0.462 e. The van der Waals surface area contributed by atoms with Crippen molar-refractivity contribution in [2.45, 2.75) is 69.4 Å². The molecule has 4 heterocycles. The molecule has 6 rings (SSSR count). The fourth-order valence-corrected chi connectivity index (χ4v) is 6.07. The number of hydrogen-bond acceptors (Lipinski definition) is 6. The molecule has 0 N–H and O–H groups in total. The van der Waals surface area contributed by atoms with Gasteiger partial charge in [0, 0.05) is 75.4 Å². The van der Waals surface area contributed by atoms with Crippen LogP contribution in [0, 0.1) is 0 Å². The van der Waals surface area contributed by atoms with Gasteiger partial charge in [0.1, 0.15) is 5.75 Å². The topological polar surface area (TPSA) is 37.4 Å². The van der Waals surface area contributed by atoms with Crippen LogP contribution in [0.15, 0.2) is 18.2 Å². The molecule has 1 aromatic carbocycles. The Morgan fingerprint density at radius 2 is 1.52 bits per heavy atom. The van der Waals surface area contributed by atoms with Gasteiger partial charge >= 0.3 is 0 Å². The van der Waals surface area contributed by atoms with Crippen molar-refractivity contribution in [3.05, 3.63) is 23.8 Å². The number of anilines is 1. The lowest BCUT2D eigenvalue weighted by Gasteiger charge is -2.47. The van der Waals surface area contributed by atoms with Gasteiger partial charge in [0.2, 0.25) is 5.79 Å². The standard InChI is InChI=1S/C25H37N3O3/c1-2-21(3-1)27-12-8-25(9-13-27)30-19-20-18-23(4-5-24(20)31-25)26-10-6-22(7-11-26)28-14-16-29-17-15-28/h4-5,18,21-22H,1-3,6-17,19H2. The Morgan fingerprint density at radius 3 is 2.23 bits per heavy atom. The molecule has 0 amide bonds. The molecular weight excluding hydrogens is 390 g/mol. The fourth-order valence-electron chi connectivity index (χ4n) is 6.07. The monoisotopic (exact) mass is 427 g/mol. The Labute approximate surface area is 186 Å². The second kappa shape index (κ2) is 8.54. The summed E-state index contributed by atoms with van der Waals surface area (Å²) in [6.07, 6.45) is 8.61. The van der Waals surface area contributed by atoms with Crippen LogP contribution >= 0.6 is 0 Å². The third-order valence-electron chi connectivity index (χ3n) is 8.37. The van der Waals surface area contributed by atoms with Crippen molar-refractivity contribution >= 4 is 5.69 Å². The molecule has 31 heavy (non-hydrogen) atoms. The van der Waals surface area contributed by atoms with Crippen molar-refractivity contribution in [1.82, 2.24) is 9.80 Å². The van der Waals surface area contributed by atoms with Gasteiger partial charge in [0.15, 0.2) is 0 Å². The molecule has 170 valence electrons. The number of piperidine rings is 2. The van der Waals surface area contributed by atoms with E-state index >= 15 is 0 Å². The van der Waals surface area contributed by atoms with Gasteiger partial charge in [-0.1, -0.05) is 6.42 Å². The lowest BCUT2D eigenvalue weighted by Crippen LogP contribution is -2.54. The van der Waals surface area contributed by atoms with Crippen molar-refractivity contribution in [3.63, 3.8) is 0 Å². The lowest BCUT2D eigenvalue weighted by molar-refractivity contribution is -0.231. The summed E-state index contributed by atoms with van der Waals surface area (Å²) in [7, 11) is 0.